The Bertz CT molecular complexity index is 110. The molecule has 0 saturated carbocycles. The van der Waals surface area contributed by atoms with E-state index in [0.717, 1.165) is 31.5 Å². The lowest BCUT2D eigenvalue weighted by molar-refractivity contribution is 0.121. The van der Waals surface area contributed by atoms with Gasteiger partial charge in [0, 0.05) is 13.2 Å². The van der Waals surface area contributed by atoms with Crippen LogP contribution in [0.1, 0.15) is 59.8 Å². The SMILES string of the molecule is CCCOCCC(C)CCCC(C)C. The Labute approximate surface area is 90.2 Å². The van der Waals surface area contributed by atoms with Gasteiger partial charge in [-0.25, -0.2) is 0 Å². The van der Waals surface area contributed by atoms with Gasteiger partial charge >= 0.3 is 0 Å². The molecule has 0 amide bonds. The molecule has 0 saturated heterocycles. The molecule has 14 heavy (non-hydrogen) atoms. The molecule has 0 aliphatic rings. The summed E-state index contributed by atoms with van der Waals surface area (Å²) in [5.74, 6) is 1.70. The first kappa shape index (κ1) is 14.0. The van der Waals surface area contributed by atoms with Crippen molar-refractivity contribution in [3.63, 3.8) is 0 Å². The van der Waals surface area contributed by atoms with Crippen molar-refractivity contribution in [1.82, 2.24) is 0 Å². The molecule has 0 heterocycles. The standard InChI is InChI=1S/C13H28O/c1-5-10-14-11-9-13(4)8-6-7-12(2)3/h12-13H,5-11H2,1-4H3. The van der Waals surface area contributed by atoms with Crippen molar-refractivity contribution in [2.24, 2.45) is 11.8 Å². The molecule has 1 atom stereocenters. The Morgan fingerprint density at radius 3 is 2.21 bits per heavy atom. The van der Waals surface area contributed by atoms with Crippen molar-refractivity contribution in [2.45, 2.75) is 59.8 Å². The number of ether oxygens (including phenoxy) is 1. The lowest BCUT2D eigenvalue weighted by atomic mass is 9.98. The van der Waals surface area contributed by atoms with E-state index in [1.807, 2.05) is 0 Å². The maximum absolute atomic E-state index is 5.48. The first-order valence-corrected chi connectivity index (χ1v) is 6.24. The third-order valence-electron chi connectivity index (χ3n) is 2.58. The lowest BCUT2D eigenvalue weighted by Gasteiger charge is -2.12. The molecule has 0 bridgehead atoms. The van der Waals surface area contributed by atoms with Gasteiger partial charge in [0.1, 0.15) is 0 Å². The van der Waals surface area contributed by atoms with E-state index in [0.29, 0.717) is 0 Å². The largest absolute Gasteiger partial charge is 0.381 e. The van der Waals surface area contributed by atoms with Gasteiger partial charge in [-0.3, -0.25) is 0 Å². The van der Waals surface area contributed by atoms with Crippen LogP contribution in [-0.4, -0.2) is 13.2 Å². The fraction of sp³-hybridized carbons (Fsp3) is 1.00. The summed E-state index contributed by atoms with van der Waals surface area (Å²) in [5.41, 5.74) is 0. The average Bonchev–Trinajstić information content (AvgIpc) is 2.12. The number of hydrogen-bond donors (Lipinski definition) is 0. The van der Waals surface area contributed by atoms with Crippen LogP contribution in [0.5, 0.6) is 0 Å². The van der Waals surface area contributed by atoms with Gasteiger partial charge in [-0.2, -0.15) is 0 Å². The van der Waals surface area contributed by atoms with E-state index >= 15 is 0 Å². The summed E-state index contributed by atoms with van der Waals surface area (Å²) in [7, 11) is 0. The third-order valence-corrected chi connectivity index (χ3v) is 2.58. The fourth-order valence-corrected chi connectivity index (χ4v) is 1.55. The molecule has 86 valence electrons. The summed E-state index contributed by atoms with van der Waals surface area (Å²) >= 11 is 0. The molecule has 0 N–H and O–H groups in total. The predicted octanol–water partition coefficient (Wildman–Crippen LogP) is 4.27. The molecule has 0 aromatic rings. The number of hydrogen-bond acceptors (Lipinski definition) is 1. The molecule has 0 spiro atoms. The van der Waals surface area contributed by atoms with E-state index < -0.39 is 0 Å². The van der Waals surface area contributed by atoms with E-state index in [2.05, 4.69) is 27.7 Å². The molecule has 0 rings (SSSR count). The van der Waals surface area contributed by atoms with Crippen LogP contribution in [0.3, 0.4) is 0 Å². The van der Waals surface area contributed by atoms with Gasteiger partial charge in [0.25, 0.3) is 0 Å². The molecular formula is C13H28O. The summed E-state index contributed by atoms with van der Waals surface area (Å²) in [6.07, 6.45) is 6.50. The Balaban J connectivity index is 3.15. The van der Waals surface area contributed by atoms with E-state index in [1.54, 1.807) is 0 Å². The molecule has 0 radical (unpaired) electrons. The van der Waals surface area contributed by atoms with Crippen LogP contribution in [0.15, 0.2) is 0 Å². The van der Waals surface area contributed by atoms with E-state index in [-0.39, 0.29) is 0 Å². The molecule has 0 fully saturated rings. The zero-order valence-corrected chi connectivity index (χ0v) is 10.5. The zero-order chi connectivity index (χ0) is 10.8. The highest BCUT2D eigenvalue weighted by Gasteiger charge is 2.02. The minimum atomic E-state index is 0.839. The first-order chi connectivity index (χ1) is 6.66. The smallest absolute Gasteiger partial charge is 0.0468 e. The molecule has 0 aromatic carbocycles. The highest BCUT2D eigenvalue weighted by molar-refractivity contribution is 4.54. The second kappa shape index (κ2) is 9.51. The van der Waals surface area contributed by atoms with Crippen molar-refractivity contribution < 1.29 is 4.74 Å². The van der Waals surface area contributed by atoms with Crippen molar-refractivity contribution >= 4 is 0 Å². The molecule has 1 nitrogen and oxygen atoms in total. The van der Waals surface area contributed by atoms with Gasteiger partial charge < -0.3 is 4.74 Å². The van der Waals surface area contributed by atoms with Crippen LogP contribution in [-0.2, 0) is 4.74 Å². The summed E-state index contributed by atoms with van der Waals surface area (Å²) in [5, 5.41) is 0. The minimum absolute atomic E-state index is 0.839. The second-order valence-corrected chi connectivity index (χ2v) is 4.83. The van der Waals surface area contributed by atoms with Crippen LogP contribution < -0.4 is 0 Å². The molecule has 1 unspecified atom stereocenters. The van der Waals surface area contributed by atoms with Gasteiger partial charge in [-0.05, 0) is 24.7 Å². The molecule has 0 aliphatic carbocycles. The summed E-state index contributed by atoms with van der Waals surface area (Å²) in [6, 6.07) is 0. The van der Waals surface area contributed by atoms with Crippen molar-refractivity contribution in [3.8, 4) is 0 Å². The quantitative estimate of drug-likeness (QED) is 0.505. The van der Waals surface area contributed by atoms with E-state index in [1.165, 1.54) is 25.7 Å². The van der Waals surface area contributed by atoms with Gasteiger partial charge in [0.2, 0.25) is 0 Å². The van der Waals surface area contributed by atoms with Crippen LogP contribution in [0.25, 0.3) is 0 Å². The Hall–Kier alpha value is -0.0400. The van der Waals surface area contributed by atoms with Crippen LogP contribution >= 0.6 is 0 Å². The van der Waals surface area contributed by atoms with Crippen LogP contribution in [0.4, 0.5) is 0 Å². The Kier molecular flexibility index (Phi) is 9.49. The highest BCUT2D eigenvalue weighted by atomic mass is 16.5. The minimum Gasteiger partial charge on any atom is -0.381 e. The Morgan fingerprint density at radius 2 is 1.64 bits per heavy atom. The Morgan fingerprint density at radius 1 is 0.929 bits per heavy atom. The van der Waals surface area contributed by atoms with Crippen molar-refractivity contribution in [2.75, 3.05) is 13.2 Å². The summed E-state index contributed by atoms with van der Waals surface area (Å²) < 4.78 is 5.48. The topological polar surface area (TPSA) is 9.23 Å². The molecule has 1 heteroatoms. The second-order valence-electron chi connectivity index (χ2n) is 4.83. The fourth-order valence-electron chi connectivity index (χ4n) is 1.55. The van der Waals surface area contributed by atoms with Crippen molar-refractivity contribution in [1.29, 1.82) is 0 Å². The zero-order valence-electron chi connectivity index (χ0n) is 10.5. The first-order valence-electron chi connectivity index (χ1n) is 6.24. The van der Waals surface area contributed by atoms with E-state index in [4.69, 9.17) is 4.74 Å². The lowest BCUT2D eigenvalue weighted by Crippen LogP contribution is -2.03. The molecule has 0 aromatic heterocycles. The summed E-state index contributed by atoms with van der Waals surface area (Å²) in [6.45, 7) is 11.0. The average molecular weight is 200 g/mol. The van der Waals surface area contributed by atoms with Crippen molar-refractivity contribution in [3.05, 3.63) is 0 Å². The third kappa shape index (κ3) is 10.0. The van der Waals surface area contributed by atoms with Gasteiger partial charge in [0.05, 0.1) is 0 Å². The maximum atomic E-state index is 5.48. The summed E-state index contributed by atoms with van der Waals surface area (Å²) in [4.78, 5) is 0. The molecule has 0 aliphatic heterocycles. The van der Waals surface area contributed by atoms with Crippen LogP contribution in [0.2, 0.25) is 0 Å². The van der Waals surface area contributed by atoms with Gasteiger partial charge in [0.15, 0.2) is 0 Å². The molecular weight excluding hydrogens is 172 g/mol. The predicted molar refractivity (Wildman–Crippen MR) is 63.6 cm³/mol. The van der Waals surface area contributed by atoms with Gasteiger partial charge in [-0.15, -0.1) is 0 Å². The highest BCUT2D eigenvalue weighted by Crippen LogP contribution is 2.14. The monoisotopic (exact) mass is 200 g/mol. The van der Waals surface area contributed by atoms with Gasteiger partial charge in [-0.1, -0.05) is 47.0 Å². The van der Waals surface area contributed by atoms with Crippen LogP contribution in [0, 0.1) is 11.8 Å². The maximum Gasteiger partial charge on any atom is 0.0468 e. The van der Waals surface area contributed by atoms with E-state index in [9.17, 15) is 0 Å². The number of rotatable bonds is 9. The normalized spacial score (nSPS) is 13.5.